The Balaban J connectivity index is 1.52. The fourth-order valence-corrected chi connectivity index (χ4v) is 4.60. The average Bonchev–Trinajstić information content (AvgIpc) is 3.19. The molecule has 156 valence electrons. The molecule has 0 radical (unpaired) electrons. The second kappa shape index (κ2) is 9.50. The van der Waals surface area contributed by atoms with E-state index in [-0.39, 0.29) is 18.9 Å². The van der Waals surface area contributed by atoms with Crippen molar-refractivity contribution in [1.82, 2.24) is 0 Å². The summed E-state index contributed by atoms with van der Waals surface area (Å²) in [6.45, 7) is 2.37. The number of benzene rings is 2. The molecule has 3 rings (SSSR count). The number of hydrogen-bond donors (Lipinski definition) is 1. The van der Waals surface area contributed by atoms with E-state index < -0.39 is 10.0 Å². The lowest BCUT2D eigenvalue weighted by atomic mass is 10.2. The fourth-order valence-electron chi connectivity index (χ4n) is 3.46. The minimum Gasteiger partial charge on any atom is -0.372 e. The summed E-state index contributed by atoms with van der Waals surface area (Å²) in [7, 11) is -3.47. The lowest BCUT2D eigenvalue weighted by Crippen LogP contribution is -2.31. The molecule has 8 heteroatoms. The predicted molar refractivity (Wildman–Crippen MR) is 119 cm³/mol. The van der Waals surface area contributed by atoms with Crippen LogP contribution in [0.2, 0.25) is 5.02 Å². The summed E-state index contributed by atoms with van der Waals surface area (Å²) in [5, 5.41) is 3.34. The molecule has 29 heavy (non-hydrogen) atoms. The lowest BCUT2D eigenvalue weighted by Gasteiger charge is -2.22. The molecular formula is C21H26ClN3O3S. The van der Waals surface area contributed by atoms with Crippen LogP contribution in [0.4, 0.5) is 17.1 Å². The number of anilines is 3. The molecule has 0 bridgehead atoms. The number of carbonyl (C=O) groups excluding carboxylic acids is 1. The molecule has 1 fully saturated rings. The molecule has 0 aromatic heterocycles. The monoisotopic (exact) mass is 435 g/mol. The van der Waals surface area contributed by atoms with Crippen LogP contribution in [0.5, 0.6) is 0 Å². The van der Waals surface area contributed by atoms with E-state index >= 15 is 0 Å². The van der Waals surface area contributed by atoms with Gasteiger partial charge in [0.2, 0.25) is 15.9 Å². The van der Waals surface area contributed by atoms with Crippen molar-refractivity contribution in [2.75, 3.05) is 40.4 Å². The highest BCUT2D eigenvalue weighted by molar-refractivity contribution is 7.92. The molecule has 0 unspecified atom stereocenters. The first-order chi connectivity index (χ1) is 13.8. The fraction of sp³-hybridized carbons (Fsp3) is 0.381. The molecule has 1 heterocycles. The van der Waals surface area contributed by atoms with Crippen molar-refractivity contribution in [2.45, 2.75) is 25.7 Å². The summed E-state index contributed by atoms with van der Waals surface area (Å²) < 4.78 is 25.5. The smallest absolute Gasteiger partial charge is 0.232 e. The molecule has 1 saturated heterocycles. The number of carbonyl (C=O) groups is 1. The molecule has 0 aliphatic carbocycles. The Morgan fingerprint density at radius 3 is 2.45 bits per heavy atom. The SMILES string of the molecule is CS(=O)(=O)N(CCCC(=O)Nc1ccc(N2CCCC2)cc1)c1cccc(Cl)c1. The Morgan fingerprint density at radius 2 is 1.83 bits per heavy atom. The topological polar surface area (TPSA) is 69.7 Å². The van der Waals surface area contributed by atoms with Gasteiger partial charge >= 0.3 is 0 Å². The number of nitrogens with one attached hydrogen (secondary N) is 1. The normalized spacial score (nSPS) is 14.1. The van der Waals surface area contributed by atoms with Gasteiger partial charge in [0.15, 0.2) is 0 Å². The predicted octanol–water partition coefficient (Wildman–Crippen LogP) is 4.13. The molecule has 6 nitrogen and oxygen atoms in total. The average molecular weight is 436 g/mol. The Bertz CT molecular complexity index is 942. The molecular weight excluding hydrogens is 410 g/mol. The van der Waals surface area contributed by atoms with Crippen LogP contribution in [0, 0.1) is 0 Å². The highest BCUT2D eigenvalue weighted by Crippen LogP contribution is 2.23. The minimum absolute atomic E-state index is 0.140. The van der Waals surface area contributed by atoms with E-state index in [4.69, 9.17) is 11.6 Å². The van der Waals surface area contributed by atoms with Gasteiger partial charge in [-0.05, 0) is 61.7 Å². The van der Waals surface area contributed by atoms with Gasteiger partial charge in [-0.3, -0.25) is 9.10 Å². The summed E-state index contributed by atoms with van der Waals surface area (Å²) in [5.41, 5.74) is 2.41. The maximum atomic E-state index is 12.3. The van der Waals surface area contributed by atoms with Gasteiger partial charge in [0.25, 0.3) is 0 Å². The maximum Gasteiger partial charge on any atom is 0.232 e. The molecule has 1 aliphatic heterocycles. The van der Waals surface area contributed by atoms with Crippen LogP contribution in [0.15, 0.2) is 48.5 Å². The summed E-state index contributed by atoms with van der Waals surface area (Å²) in [6, 6.07) is 14.5. The molecule has 0 atom stereocenters. The van der Waals surface area contributed by atoms with Crippen LogP contribution >= 0.6 is 11.6 Å². The summed E-state index contributed by atoms with van der Waals surface area (Å²) in [5.74, 6) is -0.140. The van der Waals surface area contributed by atoms with Gasteiger partial charge in [0.05, 0.1) is 11.9 Å². The summed E-state index contributed by atoms with van der Waals surface area (Å²) in [4.78, 5) is 14.6. The van der Waals surface area contributed by atoms with Crippen molar-refractivity contribution < 1.29 is 13.2 Å². The van der Waals surface area contributed by atoms with Gasteiger partial charge in [-0.15, -0.1) is 0 Å². The summed E-state index contributed by atoms with van der Waals surface area (Å²) in [6.07, 6.45) is 4.21. The van der Waals surface area contributed by atoms with Crippen molar-refractivity contribution in [2.24, 2.45) is 0 Å². The van der Waals surface area contributed by atoms with E-state index in [2.05, 4.69) is 10.2 Å². The second-order valence-electron chi connectivity index (χ2n) is 7.21. The third kappa shape index (κ3) is 6.11. The number of rotatable bonds is 8. The van der Waals surface area contributed by atoms with E-state index in [0.717, 1.165) is 25.0 Å². The van der Waals surface area contributed by atoms with Crippen LogP contribution in [0.3, 0.4) is 0 Å². The van der Waals surface area contributed by atoms with Gasteiger partial charge in [0.1, 0.15) is 0 Å². The first kappa shape index (κ1) is 21.5. The molecule has 0 spiro atoms. The zero-order chi connectivity index (χ0) is 20.9. The van der Waals surface area contributed by atoms with Crippen molar-refractivity contribution >= 4 is 44.6 Å². The van der Waals surface area contributed by atoms with Crippen molar-refractivity contribution in [3.63, 3.8) is 0 Å². The lowest BCUT2D eigenvalue weighted by molar-refractivity contribution is -0.116. The Labute approximate surface area is 177 Å². The minimum atomic E-state index is -3.47. The van der Waals surface area contributed by atoms with E-state index in [1.54, 1.807) is 24.3 Å². The molecule has 0 saturated carbocycles. The zero-order valence-corrected chi connectivity index (χ0v) is 18.0. The van der Waals surface area contributed by atoms with Crippen molar-refractivity contribution in [3.8, 4) is 0 Å². The van der Waals surface area contributed by atoms with Gasteiger partial charge in [-0.25, -0.2) is 8.42 Å². The van der Waals surface area contributed by atoms with Gasteiger partial charge in [0, 0.05) is 42.5 Å². The zero-order valence-electron chi connectivity index (χ0n) is 16.5. The van der Waals surface area contributed by atoms with E-state index in [0.29, 0.717) is 17.1 Å². The Hall–Kier alpha value is -2.25. The van der Waals surface area contributed by atoms with E-state index in [1.165, 1.54) is 22.8 Å². The van der Waals surface area contributed by atoms with Crippen LogP contribution < -0.4 is 14.5 Å². The van der Waals surface area contributed by atoms with Crippen LogP contribution in [0.1, 0.15) is 25.7 Å². The first-order valence-corrected chi connectivity index (χ1v) is 11.9. The van der Waals surface area contributed by atoms with Crippen LogP contribution in [-0.2, 0) is 14.8 Å². The van der Waals surface area contributed by atoms with E-state index in [1.807, 2.05) is 24.3 Å². The third-order valence-electron chi connectivity index (χ3n) is 4.88. The number of sulfonamides is 1. The van der Waals surface area contributed by atoms with Crippen molar-refractivity contribution in [1.29, 1.82) is 0 Å². The quantitative estimate of drug-likeness (QED) is 0.677. The molecule has 2 aromatic rings. The van der Waals surface area contributed by atoms with Gasteiger partial charge in [-0.2, -0.15) is 0 Å². The molecule has 1 amide bonds. The number of hydrogen-bond acceptors (Lipinski definition) is 4. The standard InChI is InChI=1S/C21H26ClN3O3S/c1-29(27,28)25(20-7-4-6-17(22)16-20)15-5-8-21(26)23-18-9-11-19(12-10-18)24-13-2-3-14-24/h4,6-7,9-12,16H,2-3,5,8,13-15H2,1H3,(H,23,26). The molecule has 2 aromatic carbocycles. The maximum absolute atomic E-state index is 12.3. The Kier molecular flexibility index (Phi) is 7.03. The number of halogens is 1. The highest BCUT2D eigenvalue weighted by Gasteiger charge is 2.18. The van der Waals surface area contributed by atoms with Crippen molar-refractivity contribution in [3.05, 3.63) is 53.6 Å². The molecule has 1 N–H and O–H groups in total. The van der Waals surface area contributed by atoms with Gasteiger partial charge < -0.3 is 10.2 Å². The number of amides is 1. The second-order valence-corrected chi connectivity index (χ2v) is 9.55. The Morgan fingerprint density at radius 1 is 1.14 bits per heavy atom. The summed E-state index contributed by atoms with van der Waals surface area (Å²) >= 11 is 5.98. The third-order valence-corrected chi connectivity index (χ3v) is 6.31. The van der Waals surface area contributed by atoms with E-state index in [9.17, 15) is 13.2 Å². The number of nitrogens with zero attached hydrogens (tertiary/aromatic N) is 2. The highest BCUT2D eigenvalue weighted by atomic mass is 35.5. The van der Waals surface area contributed by atoms with Gasteiger partial charge in [-0.1, -0.05) is 17.7 Å². The first-order valence-electron chi connectivity index (χ1n) is 9.71. The largest absolute Gasteiger partial charge is 0.372 e. The molecule has 1 aliphatic rings. The van der Waals surface area contributed by atoms with Crippen LogP contribution in [0.25, 0.3) is 0 Å². The van der Waals surface area contributed by atoms with Crippen LogP contribution in [-0.4, -0.2) is 40.2 Å².